The fourth-order valence-corrected chi connectivity index (χ4v) is 1.65. The van der Waals surface area contributed by atoms with Crippen LogP contribution >= 0.6 is 0 Å². The van der Waals surface area contributed by atoms with Crippen LogP contribution in [0.3, 0.4) is 0 Å². The third kappa shape index (κ3) is 1.17. The summed E-state index contributed by atoms with van der Waals surface area (Å²) in [7, 11) is 5.88. The van der Waals surface area contributed by atoms with Crippen molar-refractivity contribution in [2.45, 2.75) is 25.1 Å². The molecule has 2 heteroatoms. The van der Waals surface area contributed by atoms with Crippen molar-refractivity contribution in [1.82, 2.24) is 4.98 Å². The lowest BCUT2D eigenvalue weighted by molar-refractivity contribution is 0.649. The first-order chi connectivity index (χ1) is 5.38. The van der Waals surface area contributed by atoms with E-state index in [0.29, 0.717) is 0 Å². The molecule has 0 saturated carbocycles. The summed E-state index contributed by atoms with van der Waals surface area (Å²) < 4.78 is 0. The van der Waals surface area contributed by atoms with E-state index >= 15 is 0 Å². The van der Waals surface area contributed by atoms with Crippen molar-refractivity contribution in [2.75, 3.05) is 0 Å². The molecule has 54 valence electrons. The van der Waals surface area contributed by atoms with E-state index in [0.717, 1.165) is 18.5 Å². The molecule has 11 heavy (non-hydrogen) atoms. The number of hydrogen-bond acceptors (Lipinski definition) is 1. The van der Waals surface area contributed by atoms with Crippen LogP contribution < -0.4 is 0 Å². The molecule has 0 unspecified atom stereocenters. The smallest absolute Gasteiger partial charge is 0.0785 e. The van der Waals surface area contributed by atoms with Gasteiger partial charge in [0, 0.05) is 11.9 Å². The second kappa shape index (κ2) is 2.69. The summed E-state index contributed by atoms with van der Waals surface area (Å²) in [5.74, 6) is 0.181. The molecule has 0 aliphatic heterocycles. The van der Waals surface area contributed by atoms with Crippen molar-refractivity contribution in [3.05, 3.63) is 29.6 Å². The minimum Gasteiger partial charge on any atom is -0.262 e. The molecule has 1 atom stereocenters. The molecule has 1 heterocycles. The molecular formula is C9H10BN. The van der Waals surface area contributed by atoms with Gasteiger partial charge >= 0.3 is 0 Å². The van der Waals surface area contributed by atoms with E-state index in [1.54, 1.807) is 0 Å². The Hall–Kier alpha value is -0.785. The zero-order valence-corrected chi connectivity index (χ0v) is 6.46. The molecule has 0 saturated heterocycles. The summed E-state index contributed by atoms with van der Waals surface area (Å²) in [5, 5.41) is 0. The van der Waals surface area contributed by atoms with Crippen molar-refractivity contribution in [2.24, 2.45) is 0 Å². The first-order valence-corrected chi connectivity index (χ1v) is 4.07. The van der Waals surface area contributed by atoms with E-state index in [2.05, 4.69) is 11.1 Å². The Morgan fingerprint density at radius 1 is 1.55 bits per heavy atom. The number of hydrogen-bond donors (Lipinski definition) is 0. The maximum Gasteiger partial charge on any atom is 0.0785 e. The van der Waals surface area contributed by atoms with E-state index in [1.807, 2.05) is 12.3 Å². The van der Waals surface area contributed by atoms with Crippen molar-refractivity contribution in [1.29, 1.82) is 0 Å². The molecule has 0 aromatic carbocycles. The molecule has 0 fully saturated rings. The molecule has 0 N–H and O–H groups in total. The molecular weight excluding hydrogens is 133 g/mol. The van der Waals surface area contributed by atoms with E-state index in [1.165, 1.54) is 12.0 Å². The maximum absolute atomic E-state index is 5.88. The molecule has 2 rings (SSSR count). The zero-order chi connectivity index (χ0) is 7.68. The first-order valence-electron chi connectivity index (χ1n) is 4.07. The fourth-order valence-electron chi connectivity index (χ4n) is 1.65. The van der Waals surface area contributed by atoms with Gasteiger partial charge in [-0.15, -0.1) is 0 Å². The molecule has 1 aromatic heterocycles. The zero-order valence-electron chi connectivity index (χ0n) is 6.46. The van der Waals surface area contributed by atoms with Gasteiger partial charge in [0.1, 0.15) is 0 Å². The topological polar surface area (TPSA) is 12.9 Å². The van der Waals surface area contributed by atoms with Crippen LogP contribution in [0.1, 0.15) is 29.9 Å². The Balaban J connectivity index is 2.44. The largest absolute Gasteiger partial charge is 0.262 e. The minimum atomic E-state index is 0.181. The normalized spacial score (nSPS) is 22.7. The number of aromatic nitrogens is 1. The molecule has 1 aliphatic carbocycles. The quantitative estimate of drug-likeness (QED) is 0.503. The van der Waals surface area contributed by atoms with Gasteiger partial charge in [0.2, 0.25) is 0 Å². The highest BCUT2D eigenvalue weighted by atomic mass is 14.7. The number of fused-ring (bicyclic) bond motifs is 1. The minimum absolute atomic E-state index is 0.181. The van der Waals surface area contributed by atoms with Gasteiger partial charge in [0.15, 0.2) is 0 Å². The maximum atomic E-state index is 5.88. The Morgan fingerprint density at radius 2 is 2.45 bits per heavy atom. The SMILES string of the molecule is [B][C@H]1CCCc2cccnc21. The standard InChI is InChI=1S/C9H10BN/c10-8-5-1-3-7-4-2-6-11-9(7)8/h2,4,6,8H,1,3,5H2/t8-/m0/s1. The number of aryl methyl sites for hydroxylation is 1. The van der Waals surface area contributed by atoms with Gasteiger partial charge in [-0.1, -0.05) is 12.5 Å². The van der Waals surface area contributed by atoms with Crippen LogP contribution in [-0.2, 0) is 6.42 Å². The summed E-state index contributed by atoms with van der Waals surface area (Å²) in [5.41, 5.74) is 2.45. The van der Waals surface area contributed by atoms with Crippen LogP contribution in [0.15, 0.2) is 18.3 Å². The van der Waals surface area contributed by atoms with Gasteiger partial charge in [-0.2, -0.15) is 0 Å². The third-order valence-corrected chi connectivity index (χ3v) is 2.24. The van der Waals surface area contributed by atoms with Crippen LogP contribution in [0.25, 0.3) is 0 Å². The summed E-state index contributed by atoms with van der Waals surface area (Å²) >= 11 is 0. The van der Waals surface area contributed by atoms with Crippen LogP contribution in [0.5, 0.6) is 0 Å². The molecule has 1 aliphatic rings. The van der Waals surface area contributed by atoms with Crippen molar-refractivity contribution in [3.8, 4) is 0 Å². The van der Waals surface area contributed by atoms with Crippen molar-refractivity contribution < 1.29 is 0 Å². The molecule has 0 spiro atoms. The Morgan fingerprint density at radius 3 is 3.27 bits per heavy atom. The predicted molar refractivity (Wildman–Crippen MR) is 45.7 cm³/mol. The summed E-state index contributed by atoms with van der Waals surface area (Å²) in [6.07, 6.45) is 5.27. The summed E-state index contributed by atoms with van der Waals surface area (Å²) in [6.45, 7) is 0. The van der Waals surface area contributed by atoms with E-state index in [-0.39, 0.29) is 5.82 Å². The predicted octanol–water partition coefficient (Wildman–Crippen LogP) is 1.63. The lowest BCUT2D eigenvalue weighted by atomic mass is 9.74. The Labute approximate surface area is 68.3 Å². The highest BCUT2D eigenvalue weighted by molar-refractivity contribution is 6.12. The lowest BCUT2D eigenvalue weighted by Crippen LogP contribution is -2.11. The molecule has 2 radical (unpaired) electrons. The molecule has 0 bridgehead atoms. The Bertz CT molecular complexity index is 259. The van der Waals surface area contributed by atoms with Gasteiger partial charge < -0.3 is 0 Å². The summed E-state index contributed by atoms with van der Waals surface area (Å²) in [4.78, 5) is 4.28. The summed E-state index contributed by atoms with van der Waals surface area (Å²) in [6, 6.07) is 4.11. The van der Waals surface area contributed by atoms with Crippen LogP contribution in [0.4, 0.5) is 0 Å². The van der Waals surface area contributed by atoms with Crippen molar-refractivity contribution in [3.63, 3.8) is 0 Å². The van der Waals surface area contributed by atoms with Gasteiger partial charge in [0.25, 0.3) is 0 Å². The van der Waals surface area contributed by atoms with Gasteiger partial charge in [-0.25, -0.2) is 0 Å². The van der Waals surface area contributed by atoms with E-state index in [4.69, 9.17) is 7.85 Å². The molecule has 1 nitrogen and oxygen atoms in total. The number of pyridine rings is 1. The average Bonchev–Trinajstić information content (AvgIpc) is 2.06. The third-order valence-electron chi connectivity index (χ3n) is 2.24. The molecule has 1 aromatic rings. The van der Waals surface area contributed by atoms with Crippen LogP contribution in [0.2, 0.25) is 0 Å². The van der Waals surface area contributed by atoms with Gasteiger partial charge in [-0.05, 0) is 30.3 Å². The van der Waals surface area contributed by atoms with Crippen molar-refractivity contribution >= 4 is 7.85 Å². The fraction of sp³-hybridized carbons (Fsp3) is 0.444. The first kappa shape index (κ1) is 6.90. The average molecular weight is 143 g/mol. The monoisotopic (exact) mass is 143 g/mol. The Kier molecular flexibility index (Phi) is 1.68. The second-order valence-corrected chi connectivity index (χ2v) is 3.05. The van der Waals surface area contributed by atoms with E-state index < -0.39 is 0 Å². The van der Waals surface area contributed by atoms with Crippen LogP contribution in [-0.4, -0.2) is 12.8 Å². The second-order valence-electron chi connectivity index (χ2n) is 3.05. The highest BCUT2D eigenvalue weighted by Gasteiger charge is 2.15. The number of rotatable bonds is 0. The highest BCUT2D eigenvalue weighted by Crippen LogP contribution is 2.26. The van der Waals surface area contributed by atoms with Gasteiger partial charge in [0.05, 0.1) is 7.85 Å². The van der Waals surface area contributed by atoms with Gasteiger partial charge in [-0.3, -0.25) is 4.98 Å². The number of nitrogens with zero attached hydrogens (tertiary/aromatic N) is 1. The van der Waals surface area contributed by atoms with Crippen LogP contribution in [0, 0.1) is 0 Å². The lowest BCUT2D eigenvalue weighted by Gasteiger charge is -2.20. The van der Waals surface area contributed by atoms with E-state index in [9.17, 15) is 0 Å². The molecule has 0 amide bonds.